The second kappa shape index (κ2) is 6.37. The Morgan fingerprint density at radius 2 is 1.79 bits per heavy atom. The van der Waals surface area contributed by atoms with Gasteiger partial charge in [-0.25, -0.2) is 0 Å². The van der Waals surface area contributed by atoms with Crippen LogP contribution in [0, 0.1) is 0 Å². The summed E-state index contributed by atoms with van der Waals surface area (Å²) in [4.78, 5) is 4.82. The Morgan fingerprint density at radius 1 is 1.00 bits per heavy atom. The number of rotatable bonds is 4. The van der Waals surface area contributed by atoms with E-state index in [4.69, 9.17) is 9.73 Å². The summed E-state index contributed by atoms with van der Waals surface area (Å²) in [7, 11) is 0. The van der Waals surface area contributed by atoms with Crippen LogP contribution in [0.4, 0.5) is 0 Å². The van der Waals surface area contributed by atoms with Crippen LogP contribution in [0.1, 0.15) is 29.7 Å². The molecule has 0 aliphatic carbocycles. The van der Waals surface area contributed by atoms with E-state index in [1.165, 1.54) is 0 Å². The van der Waals surface area contributed by atoms with Gasteiger partial charge >= 0.3 is 0 Å². The van der Waals surface area contributed by atoms with Gasteiger partial charge in [-0.2, -0.15) is 0 Å². The van der Waals surface area contributed by atoms with Gasteiger partial charge in [0.1, 0.15) is 13.2 Å². The molecule has 1 aromatic heterocycles. The fourth-order valence-corrected chi connectivity index (χ4v) is 2.97. The number of nitrogens with zero attached hydrogens (tertiary/aromatic N) is 4. The second-order valence-electron chi connectivity index (χ2n) is 5.55. The predicted molar refractivity (Wildman–Crippen MR) is 92.5 cm³/mol. The SMILES string of the molecule is CCOCc1nnc2n1-c1ccccc1C(c1ccccc1)=NC2. The van der Waals surface area contributed by atoms with Gasteiger partial charge in [-0.15, -0.1) is 10.2 Å². The van der Waals surface area contributed by atoms with Gasteiger partial charge < -0.3 is 4.74 Å². The van der Waals surface area contributed by atoms with Gasteiger partial charge in [0.05, 0.1) is 11.4 Å². The third-order valence-corrected chi connectivity index (χ3v) is 4.06. The number of aromatic nitrogens is 3. The number of ether oxygens (including phenoxy) is 1. The number of hydrogen-bond donors (Lipinski definition) is 0. The number of para-hydroxylation sites is 1. The van der Waals surface area contributed by atoms with Crippen molar-refractivity contribution in [1.82, 2.24) is 14.8 Å². The van der Waals surface area contributed by atoms with Crippen molar-refractivity contribution in [3.05, 3.63) is 77.4 Å². The Hall–Kier alpha value is -2.79. The molecule has 0 fully saturated rings. The highest BCUT2D eigenvalue weighted by Gasteiger charge is 2.22. The Bertz CT molecular complexity index is 883. The zero-order chi connectivity index (χ0) is 16.4. The fraction of sp³-hybridized carbons (Fsp3) is 0.211. The van der Waals surface area contributed by atoms with Crippen molar-refractivity contribution in [3.8, 4) is 5.69 Å². The minimum atomic E-state index is 0.443. The number of aliphatic imine (C=N–C) groups is 1. The van der Waals surface area contributed by atoms with E-state index >= 15 is 0 Å². The van der Waals surface area contributed by atoms with Gasteiger partial charge in [0, 0.05) is 17.7 Å². The van der Waals surface area contributed by atoms with Gasteiger partial charge in [0.2, 0.25) is 0 Å². The molecule has 0 bridgehead atoms. The van der Waals surface area contributed by atoms with Gasteiger partial charge in [-0.3, -0.25) is 9.56 Å². The van der Waals surface area contributed by atoms with Gasteiger partial charge in [0.15, 0.2) is 11.6 Å². The predicted octanol–water partition coefficient (Wildman–Crippen LogP) is 3.15. The van der Waals surface area contributed by atoms with Crippen molar-refractivity contribution in [2.24, 2.45) is 4.99 Å². The normalized spacial score (nSPS) is 13.0. The first-order valence-corrected chi connectivity index (χ1v) is 8.09. The van der Waals surface area contributed by atoms with Gasteiger partial charge in [-0.1, -0.05) is 48.5 Å². The molecular weight excluding hydrogens is 300 g/mol. The molecule has 5 heteroatoms. The van der Waals surface area contributed by atoms with E-state index in [2.05, 4.69) is 39.0 Å². The largest absolute Gasteiger partial charge is 0.374 e. The molecule has 0 radical (unpaired) electrons. The maximum absolute atomic E-state index is 5.55. The lowest BCUT2D eigenvalue weighted by Gasteiger charge is -2.13. The van der Waals surface area contributed by atoms with Crippen LogP contribution < -0.4 is 0 Å². The van der Waals surface area contributed by atoms with E-state index in [0.717, 1.165) is 34.2 Å². The molecule has 1 aliphatic heterocycles. The molecule has 4 rings (SSSR count). The topological polar surface area (TPSA) is 52.3 Å². The minimum Gasteiger partial charge on any atom is -0.374 e. The zero-order valence-electron chi connectivity index (χ0n) is 13.5. The van der Waals surface area contributed by atoms with Crippen LogP contribution in [0.25, 0.3) is 5.69 Å². The average molecular weight is 318 g/mol. The van der Waals surface area contributed by atoms with E-state index in [1.54, 1.807) is 0 Å². The summed E-state index contributed by atoms with van der Waals surface area (Å²) >= 11 is 0. The zero-order valence-corrected chi connectivity index (χ0v) is 13.5. The molecule has 5 nitrogen and oxygen atoms in total. The fourth-order valence-electron chi connectivity index (χ4n) is 2.97. The molecule has 0 saturated carbocycles. The van der Waals surface area contributed by atoms with Crippen molar-refractivity contribution < 1.29 is 4.74 Å². The van der Waals surface area contributed by atoms with E-state index < -0.39 is 0 Å². The molecule has 0 saturated heterocycles. The van der Waals surface area contributed by atoms with Crippen LogP contribution in [0.3, 0.4) is 0 Å². The molecule has 2 aromatic carbocycles. The molecule has 0 N–H and O–H groups in total. The average Bonchev–Trinajstić information content (AvgIpc) is 2.96. The first kappa shape index (κ1) is 14.8. The molecule has 2 heterocycles. The lowest BCUT2D eigenvalue weighted by molar-refractivity contribution is 0.127. The minimum absolute atomic E-state index is 0.443. The quantitative estimate of drug-likeness (QED) is 0.742. The first-order valence-electron chi connectivity index (χ1n) is 8.09. The van der Waals surface area contributed by atoms with Crippen LogP contribution in [0.2, 0.25) is 0 Å². The summed E-state index contributed by atoms with van der Waals surface area (Å²) in [6, 6.07) is 18.5. The Kier molecular flexibility index (Phi) is 3.92. The van der Waals surface area contributed by atoms with Crippen molar-refractivity contribution in [3.63, 3.8) is 0 Å². The highest BCUT2D eigenvalue weighted by molar-refractivity contribution is 6.15. The van der Waals surface area contributed by atoms with Crippen LogP contribution in [0.5, 0.6) is 0 Å². The van der Waals surface area contributed by atoms with Crippen LogP contribution in [0.15, 0.2) is 59.6 Å². The molecule has 3 aromatic rings. The van der Waals surface area contributed by atoms with Crippen LogP contribution in [-0.2, 0) is 17.9 Å². The van der Waals surface area contributed by atoms with E-state index in [0.29, 0.717) is 19.8 Å². The van der Waals surface area contributed by atoms with E-state index in [9.17, 15) is 0 Å². The molecule has 0 unspecified atom stereocenters. The van der Waals surface area contributed by atoms with E-state index in [1.807, 2.05) is 37.3 Å². The highest BCUT2D eigenvalue weighted by Crippen LogP contribution is 2.25. The molecule has 0 amide bonds. The van der Waals surface area contributed by atoms with Crippen molar-refractivity contribution in [1.29, 1.82) is 0 Å². The Balaban J connectivity index is 1.87. The molecule has 0 atom stereocenters. The Morgan fingerprint density at radius 3 is 2.62 bits per heavy atom. The van der Waals surface area contributed by atoms with Crippen molar-refractivity contribution in [2.45, 2.75) is 20.1 Å². The molecule has 24 heavy (non-hydrogen) atoms. The van der Waals surface area contributed by atoms with Crippen LogP contribution >= 0.6 is 0 Å². The standard InChI is InChI=1S/C19H18N4O/c1-2-24-13-18-22-21-17-12-20-19(14-8-4-3-5-9-14)15-10-6-7-11-16(15)23(17)18/h3-11H,2,12-13H2,1H3. The second-order valence-corrected chi connectivity index (χ2v) is 5.55. The lowest BCUT2D eigenvalue weighted by Crippen LogP contribution is -2.10. The molecule has 0 spiro atoms. The van der Waals surface area contributed by atoms with Crippen LogP contribution in [-0.4, -0.2) is 27.1 Å². The summed E-state index contributed by atoms with van der Waals surface area (Å²) in [6.45, 7) is 3.57. The number of benzene rings is 2. The molecule has 1 aliphatic rings. The maximum atomic E-state index is 5.55. The van der Waals surface area contributed by atoms with E-state index in [-0.39, 0.29) is 0 Å². The van der Waals surface area contributed by atoms with Gasteiger partial charge in [-0.05, 0) is 13.0 Å². The number of fused-ring (bicyclic) bond motifs is 3. The Labute approximate surface area is 140 Å². The summed E-state index contributed by atoms with van der Waals surface area (Å²) in [5.74, 6) is 1.65. The highest BCUT2D eigenvalue weighted by atomic mass is 16.5. The lowest BCUT2D eigenvalue weighted by atomic mass is 10.0. The molecular formula is C19H18N4O. The van der Waals surface area contributed by atoms with Crippen molar-refractivity contribution >= 4 is 5.71 Å². The third kappa shape index (κ3) is 2.53. The molecule has 120 valence electrons. The maximum Gasteiger partial charge on any atom is 0.163 e. The third-order valence-electron chi connectivity index (χ3n) is 4.06. The monoisotopic (exact) mass is 318 g/mol. The number of hydrogen-bond acceptors (Lipinski definition) is 4. The smallest absolute Gasteiger partial charge is 0.163 e. The summed E-state index contributed by atoms with van der Waals surface area (Å²) in [5, 5.41) is 8.61. The summed E-state index contributed by atoms with van der Waals surface area (Å²) in [6.07, 6.45) is 0. The van der Waals surface area contributed by atoms with Gasteiger partial charge in [0.25, 0.3) is 0 Å². The first-order chi connectivity index (χ1) is 11.9. The van der Waals surface area contributed by atoms with Crippen molar-refractivity contribution in [2.75, 3.05) is 6.61 Å². The summed E-state index contributed by atoms with van der Waals surface area (Å²) < 4.78 is 7.62. The summed E-state index contributed by atoms with van der Waals surface area (Å²) in [5.41, 5.74) is 4.22.